The molecule has 26 heavy (non-hydrogen) atoms. The number of carbonyl (C=O) groups excluding carboxylic acids is 1. The van der Waals surface area contributed by atoms with Gasteiger partial charge in [-0.2, -0.15) is 0 Å². The highest BCUT2D eigenvalue weighted by atomic mass is 16.5. The molecular weight excluding hydrogens is 334 g/mol. The molecular formula is C18H23N5O3. The molecule has 3 rings (SSSR count). The van der Waals surface area contributed by atoms with Crippen LogP contribution in [-0.2, 0) is 4.79 Å². The number of nitrogens with zero attached hydrogens (tertiary/aromatic N) is 5. The Balaban J connectivity index is 1.51. The molecule has 1 aliphatic rings. The Kier molecular flexibility index (Phi) is 5.83. The fraction of sp³-hybridized carbons (Fsp3) is 0.444. The van der Waals surface area contributed by atoms with E-state index in [0.29, 0.717) is 24.7 Å². The molecule has 1 atom stereocenters. The number of rotatable bonds is 6. The van der Waals surface area contributed by atoms with Crippen molar-refractivity contribution in [1.82, 2.24) is 20.1 Å². The molecule has 1 saturated heterocycles. The number of anilines is 1. The van der Waals surface area contributed by atoms with Crippen molar-refractivity contribution in [3.05, 3.63) is 36.7 Å². The first-order valence-corrected chi connectivity index (χ1v) is 8.60. The Labute approximate surface area is 152 Å². The fourth-order valence-electron chi connectivity index (χ4n) is 2.71. The van der Waals surface area contributed by atoms with Gasteiger partial charge in [0.2, 0.25) is 5.88 Å². The third kappa shape index (κ3) is 4.81. The summed E-state index contributed by atoms with van der Waals surface area (Å²) in [5, 5.41) is 8.20. The van der Waals surface area contributed by atoms with Gasteiger partial charge in [0, 0.05) is 32.9 Å². The number of aromatic nitrogens is 3. The predicted molar refractivity (Wildman–Crippen MR) is 96.3 cm³/mol. The summed E-state index contributed by atoms with van der Waals surface area (Å²) >= 11 is 0. The minimum Gasteiger partial charge on any atom is -0.482 e. The molecule has 1 aliphatic heterocycles. The summed E-state index contributed by atoms with van der Waals surface area (Å²) in [6, 6.07) is 7.20. The molecule has 0 saturated carbocycles. The predicted octanol–water partition coefficient (Wildman–Crippen LogP) is 1.39. The molecule has 0 spiro atoms. The molecule has 0 N–H and O–H groups in total. The summed E-state index contributed by atoms with van der Waals surface area (Å²) in [6.45, 7) is 1.22. The van der Waals surface area contributed by atoms with E-state index in [1.165, 1.54) is 0 Å². The standard InChI is InChI=1S/C18H23N5O3/c1-22(2)16-7-8-17(21-20-16)26-15-6-4-10-23(12-15)18(24)13-25-14-5-3-9-19-11-14/h3,5,7-9,11,15H,4,6,10,12-13H2,1-2H3. The van der Waals surface area contributed by atoms with Crippen molar-refractivity contribution < 1.29 is 14.3 Å². The van der Waals surface area contributed by atoms with Gasteiger partial charge >= 0.3 is 0 Å². The monoisotopic (exact) mass is 357 g/mol. The maximum Gasteiger partial charge on any atom is 0.260 e. The van der Waals surface area contributed by atoms with Crippen molar-refractivity contribution >= 4 is 11.7 Å². The minimum absolute atomic E-state index is 0.00422. The van der Waals surface area contributed by atoms with E-state index in [-0.39, 0.29) is 18.6 Å². The van der Waals surface area contributed by atoms with Crippen molar-refractivity contribution in [2.24, 2.45) is 0 Å². The van der Waals surface area contributed by atoms with Crippen molar-refractivity contribution in [2.45, 2.75) is 18.9 Å². The van der Waals surface area contributed by atoms with E-state index in [2.05, 4.69) is 15.2 Å². The van der Waals surface area contributed by atoms with Gasteiger partial charge in [0.05, 0.1) is 12.7 Å². The number of piperidine rings is 1. The number of carbonyl (C=O) groups is 1. The van der Waals surface area contributed by atoms with E-state index in [1.54, 1.807) is 35.5 Å². The fourth-order valence-corrected chi connectivity index (χ4v) is 2.71. The van der Waals surface area contributed by atoms with Gasteiger partial charge in [-0.1, -0.05) is 0 Å². The molecule has 3 heterocycles. The van der Waals surface area contributed by atoms with Crippen molar-refractivity contribution in [1.29, 1.82) is 0 Å². The first-order chi connectivity index (χ1) is 12.6. The van der Waals surface area contributed by atoms with Gasteiger partial charge < -0.3 is 19.3 Å². The topological polar surface area (TPSA) is 80.7 Å². The summed E-state index contributed by atoms with van der Waals surface area (Å²) in [6.07, 6.45) is 4.92. The molecule has 8 heteroatoms. The summed E-state index contributed by atoms with van der Waals surface area (Å²) in [7, 11) is 3.81. The van der Waals surface area contributed by atoms with Gasteiger partial charge in [0.15, 0.2) is 12.4 Å². The van der Waals surface area contributed by atoms with E-state index in [4.69, 9.17) is 9.47 Å². The molecule has 0 bridgehead atoms. The summed E-state index contributed by atoms with van der Waals surface area (Å²) < 4.78 is 11.4. The van der Waals surface area contributed by atoms with Crippen molar-refractivity contribution in [3.63, 3.8) is 0 Å². The molecule has 0 radical (unpaired) electrons. The Morgan fingerprint density at radius 1 is 1.31 bits per heavy atom. The molecule has 8 nitrogen and oxygen atoms in total. The second-order valence-corrected chi connectivity index (χ2v) is 6.32. The Morgan fingerprint density at radius 3 is 2.88 bits per heavy atom. The van der Waals surface area contributed by atoms with Crippen molar-refractivity contribution in [3.8, 4) is 11.6 Å². The number of pyridine rings is 1. The van der Waals surface area contributed by atoms with Crippen LogP contribution in [0.15, 0.2) is 36.7 Å². The van der Waals surface area contributed by atoms with Gasteiger partial charge in [-0.05, 0) is 31.0 Å². The zero-order valence-corrected chi connectivity index (χ0v) is 15.0. The second-order valence-electron chi connectivity index (χ2n) is 6.32. The third-order valence-corrected chi connectivity index (χ3v) is 4.10. The zero-order chi connectivity index (χ0) is 18.4. The smallest absolute Gasteiger partial charge is 0.260 e. The second kappa shape index (κ2) is 8.46. The lowest BCUT2D eigenvalue weighted by Crippen LogP contribution is -2.46. The molecule has 0 aliphatic carbocycles. The molecule has 0 aromatic carbocycles. The average Bonchev–Trinajstić information content (AvgIpc) is 2.67. The van der Waals surface area contributed by atoms with E-state index in [1.807, 2.05) is 25.1 Å². The quantitative estimate of drug-likeness (QED) is 0.773. The Morgan fingerprint density at radius 2 is 2.19 bits per heavy atom. The molecule has 1 unspecified atom stereocenters. The first-order valence-electron chi connectivity index (χ1n) is 8.60. The van der Waals surface area contributed by atoms with Crippen LogP contribution in [0.1, 0.15) is 12.8 Å². The van der Waals surface area contributed by atoms with Gasteiger partial charge in [-0.25, -0.2) is 0 Å². The third-order valence-electron chi connectivity index (χ3n) is 4.10. The Hall–Kier alpha value is -2.90. The van der Waals surface area contributed by atoms with Crippen LogP contribution in [0.3, 0.4) is 0 Å². The van der Waals surface area contributed by atoms with Crippen LogP contribution in [0.25, 0.3) is 0 Å². The minimum atomic E-state index is -0.0920. The van der Waals surface area contributed by atoms with Crippen LogP contribution in [0.4, 0.5) is 5.82 Å². The molecule has 2 aromatic rings. The van der Waals surface area contributed by atoms with Gasteiger partial charge in [-0.15, -0.1) is 10.2 Å². The van der Waals surface area contributed by atoms with Crippen LogP contribution in [0, 0.1) is 0 Å². The molecule has 138 valence electrons. The highest BCUT2D eigenvalue weighted by Crippen LogP contribution is 2.18. The lowest BCUT2D eigenvalue weighted by Gasteiger charge is -2.32. The van der Waals surface area contributed by atoms with E-state index >= 15 is 0 Å². The van der Waals surface area contributed by atoms with Crippen LogP contribution in [0.5, 0.6) is 11.6 Å². The number of amides is 1. The van der Waals surface area contributed by atoms with Gasteiger partial charge in [-0.3, -0.25) is 9.78 Å². The van der Waals surface area contributed by atoms with E-state index in [9.17, 15) is 4.79 Å². The first kappa shape index (κ1) is 17.9. The van der Waals surface area contributed by atoms with Crippen molar-refractivity contribution in [2.75, 3.05) is 38.7 Å². The normalized spacial score (nSPS) is 16.8. The number of hydrogen-bond acceptors (Lipinski definition) is 7. The average molecular weight is 357 g/mol. The van der Waals surface area contributed by atoms with Gasteiger partial charge in [0.1, 0.15) is 11.9 Å². The number of likely N-dealkylation sites (tertiary alicyclic amines) is 1. The summed E-state index contributed by atoms with van der Waals surface area (Å²) in [4.78, 5) is 20.0. The van der Waals surface area contributed by atoms with Crippen LogP contribution in [0.2, 0.25) is 0 Å². The Bertz CT molecular complexity index is 709. The van der Waals surface area contributed by atoms with E-state index in [0.717, 1.165) is 18.7 Å². The SMILES string of the molecule is CN(C)c1ccc(OC2CCCN(C(=O)COc3cccnc3)C2)nn1. The molecule has 1 amide bonds. The lowest BCUT2D eigenvalue weighted by atomic mass is 10.1. The lowest BCUT2D eigenvalue weighted by molar-refractivity contribution is -0.136. The van der Waals surface area contributed by atoms with Crippen LogP contribution >= 0.6 is 0 Å². The number of hydrogen-bond donors (Lipinski definition) is 0. The maximum atomic E-state index is 12.4. The summed E-state index contributed by atoms with van der Waals surface area (Å²) in [5.74, 6) is 1.77. The molecule has 2 aromatic heterocycles. The van der Waals surface area contributed by atoms with E-state index < -0.39 is 0 Å². The largest absolute Gasteiger partial charge is 0.482 e. The maximum absolute atomic E-state index is 12.4. The summed E-state index contributed by atoms with van der Waals surface area (Å²) in [5.41, 5.74) is 0. The molecule has 1 fully saturated rings. The van der Waals surface area contributed by atoms with Gasteiger partial charge in [0.25, 0.3) is 5.91 Å². The highest BCUT2D eigenvalue weighted by molar-refractivity contribution is 5.77. The zero-order valence-electron chi connectivity index (χ0n) is 15.0. The number of ether oxygens (including phenoxy) is 2. The van der Waals surface area contributed by atoms with Crippen LogP contribution < -0.4 is 14.4 Å². The highest BCUT2D eigenvalue weighted by Gasteiger charge is 2.25. The van der Waals surface area contributed by atoms with Crippen LogP contribution in [-0.4, -0.2) is 65.9 Å².